The Morgan fingerprint density at radius 2 is 1.35 bits per heavy atom. The summed E-state index contributed by atoms with van der Waals surface area (Å²) in [5.41, 5.74) is 0.373. The van der Waals surface area contributed by atoms with Gasteiger partial charge in [-0.2, -0.15) is 0 Å². The van der Waals surface area contributed by atoms with Crippen molar-refractivity contribution in [3.8, 4) is 0 Å². The highest BCUT2D eigenvalue weighted by molar-refractivity contribution is 5.98. The number of unbranched alkanes of at least 4 members (excludes halogenated alkanes) is 1. The van der Waals surface area contributed by atoms with Crippen LogP contribution in [0.4, 0.5) is 0 Å². The molecule has 0 aromatic carbocycles. The van der Waals surface area contributed by atoms with Crippen molar-refractivity contribution in [2.24, 2.45) is 0 Å². The molecule has 6 nitrogen and oxygen atoms in total. The lowest BCUT2D eigenvalue weighted by Gasteiger charge is -2.07. The molecule has 0 aromatic heterocycles. The van der Waals surface area contributed by atoms with E-state index in [1.165, 1.54) is 13.8 Å². The molecule has 112 valence electrons. The largest absolute Gasteiger partial charge is 0.478 e. The molecule has 0 fully saturated rings. The van der Waals surface area contributed by atoms with Gasteiger partial charge in [0.2, 0.25) is 0 Å². The van der Waals surface area contributed by atoms with Crippen LogP contribution < -0.4 is 0 Å². The molecule has 0 amide bonds. The van der Waals surface area contributed by atoms with E-state index < -0.39 is 17.9 Å². The van der Waals surface area contributed by atoms with Gasteiger partial charge in [0.1, 0.15) is 0 Å². The minimum Gasteiger partial charge on any atom is -0.478 e. The monoisotopic (exact) mass is 284 g/mol. The van der Waals surface area contributed by atoms with Crippen LogP contribution in [-0.2, 0) is 23.9 Å². The number of carbonyl (C=O) groups is 3. The van der Waals surface area contributed by atoms with Gasteiger partial charge in [-0.3, -0.25) is 0 Å². The lowest BCUT2D eigenvalue weighted by atomic mass is 10.1. The lowest BCUT2D eigenvalue weighted by Crippen LogP contribution is -2.12. The average molecular weight is 284 g/mol. The molecule has 0 rings (SSSR count). The summed E-state index contributed by atoms with van der Waals surface area (Å²) in [4.78, 5) is 33.2. The van der Waals surface area contributed by atoms with E-state index in [1.807, 2.05) is 0 Å². The molecular formula is C14H20O6. The normalized spacial score (nSPS) is 11.3. The van der Waals surface area contributed by atoms with Crippen LogP contribution in [0.2, 0.25) is 0 Å². The molecule has 0 saturated carbocycles. The molecule has 1 N–H and O–H groups in total. The van der Waals surface area contributed by atoms with Gasteiger partial charge < -0.3 is 14.6 Å². The van der Waals surface area contributed by atoms with Gasteiger partial charge in [-0.15, -0.1) is 0 Å². The Balaban J connectivity index is 3.89. The van der Waals surface area contributed by atoms with Crippen LogP contribution in [0.25, 0.3) is 0 Å². The molecular weight excluding hydrogens is 264 g/mol. The maximum Gasteiger partial charge on any atom is 0.334 e. The van der Waals surface area contributed by atoms with E-state index in [4.69, 9.17) is 14.6 Å². The average Bonchev–Trinajstić information content (AvgIpc) is 2.39. The third-order valence-corrected chi connectivity index (χ3v) is 2.54. The predicted molar refractivity (Wildman–Crippen MR) is 72.0 cm³/mol. The number of hydrogen-bond donors (Lipinski definition) is 1. The lowest BCUT2D eigenvalue weighted by molar-refractivity contribution is -0.141. The number of rotatable bonds is 8. The number of aliphatic carboxylic acids is 1. The van der Waals surface area contributed by atoms with Crippen LogP contribution in [-0.4, -0.2) is 36.2 Å². The second-order valence-corrected chi connectivity index (χ2v) is 4.31. The standard InChI is InChI=1S/C14H20O6/c1-9(2)13(17)19-7-5-6-8-20-14(18)11(4)10(3)12(15)16/h1,5-8H2,2-4H3,(H,15,16)/b11-10-. The minimum atomic E-state index is -1.15. The number of hydrogen-bond acceptors (Lipinski definition) is 5. The van der Waals surface area contributed by atoms with Gasteiger partial charge in [0.25, 0.3) is 0 Å². The number of carbonyl (C=O) groups excluding carboxylic acids is 2. The third-order valence-electron chi connectivity index (χ3n) is 2.54. The van der Waals surface area contributed by atoms with Gasteiger partial charge in [-0.25, -0.2) is 14.4 Å². The summed E-state index contributed by atoms with van der Waals surface area (Å²) >= 11 is 0. The van der Waals surface area contributed by atoms with Crippen LogP contribution in [0.1, 0.15) is 33.6 Å². The highest BCUT2D eigenvalue weighted by Crippen LogP contribution is 2.06. The molecule has 0 heterocycles. The molecule has 0 aliphatic carbocycles. The quantitative estimate of drug-likeness (QED) is 0.415. The van der Waals surface area contributed by atoms with E-state index in [0.29, 0.717) is 18.4 Å². The van der Waals surface area contributed by atoms with Gasteiger partial charge >= 0.3 is 17.9 Å². The van der Waals surface area contributed by atoms with E-state index in [1.54, 1.807) is 6.92 Å². The Morgan fingerprint density at radius 3 is 1.75 bits per heavy atom. The van der Waals surface area contributed by atoms with Crippen LogP contribution >= 0.6 is 0 Å². The fourth-order valence-electron chi connectivity index (χ4n) is 1.08. The molecule has 6 heteroatoms. The Hall–Kier alpha value is -2.11. The molecule has 0 saturated heterocycles. The molecule has 0 aliphatic heterocycles. The van der Waals surface area contributed by atoms with Crippen molar-refractivity contribution in [1.82, 2.24) is 0 Å². The Labute approximate surface area is 118 Å². The first-order chi connectivity index (χ1) is 9.27. The SMILES string of the molecule is C=C(C)C(=O)OCCCCOC(=O)/C(C)=C(/C)C(=O)O. The fraction of sp³-hybridized carbons (Fsp3) is 0.500. The Bertz CT molecular complexity index is 433. The third kappa shape index (κ3) is 6.72. The van der Waals surface area contributed by atoms with Crippen LogP contribution in [0.3, 0.4) is 0 Å². The van der Waals surface area contributed by atoms with Crippen LogP contribution in [0.5, 0.6) is 0 Å². The fourth-order valence-corrected chi connectivity index (χ4v) is 1.08. The smallest absolute Gasteiger partial charge is 0.334 e. The summed E-state index contributed by atoms with van der Waals surface area (Å²) in [6.07, 6.45) is 1.07. The summed E-state index contributed by atoms with van der Waals surface area (Å²) in [6, 6.07) is 0. The van der Waals surface area contributed by atoms with Crippen molar-refractivity contribution in [2.45, 2.75) is 33.6 Å². The molecule has 0 aliphatic rings. The summed E-state index contributed by atoms with van der Waals surface area (Å²) in [7, 11) is 0. The minimum absolute atomic E-state index is 0.0367. The Kier molecular flexibility index (Phi) is 7.96. The van der Waals surface area contributed by atoms with Gasteiger partial charge in [0.05, 0.1) is 13.2 Å². The van der Waals surface area contributed by atoms with Crippen molar-refractivity contribution in [3.05, 3.63) is 23.3 Å². The highest BCUT2D eigenvalue weighted by Gasteiger charge is 2.13. The van der Waals surface area contributed by atoms with E-state index in [9.17, 15) is 14.4 Å². The molecule has 0 unspecified atom stereocenters. The van der Waals surface area contributed by atoms with E-state index >= 15 is 0 Å². The van der Waals surface area contributed by atoms with E-state index in [0.717, 1.165) is 0 Å². The molecule has 0 radical (unpaired) electrons. The second-order valence-electron chi connectivity index (χ2n) is 4.31. The predicted octanol–water partition coefficient (Wildman–Crippen LogP) is 1.85. The molecule has 0 spiro atoms. The van der Waals surface area contributed by atoms with Crippen molar-refractivity contribution >= 4 is 17.9 Å². The van der Waals surface area contributed by atoms with E-state index in [2.05, 4.69) is 6.58 Å². The number of carboxylic acid groups (broad SMARTS) is 1. The van der Waals surface area contributed by atoms with Gasteiger partial charge in [0.15, 0.2) is 0 Å². The van der Waals surface area contributed by atoms with Gasteiger partial charge in [-0.1, -0.05) is 6.58 Å². The van der Waals surface area contributed by atoms with Crippen LogP contribution in [0.15, 0.2) is 23.3 Å². The summed E-state index contributed by atoms with van der Waals surface area (Å²) in [6.45, 7) is 8.13. The number of ether oxygens (including phenoxy) is 2. The molecule has 20 heavy (non-hydrogen) atoms. The van der Waals surface area contributed by atoms with Crippen molar-refractivity contribution in [1.29, 1.82) is 0 Å². The first kappa shape index (κ1) is 17.9. The van der Waals surface area contributed by atoms with Crippen molar-refractivity contribution in [2.75, 3.05) is 13.2 Å². The highest BCUT2D eigenvalue weighted by atomic mass is 16.5. The topological polar surface area (TPSA) is 89.9 Å². The first-order valence-electron chi connectivity index (χ1n) is 6.18. The number of carboxylic acids is 1. The summed E-state index contributed by atoms with van der Waals surface area (Å²) in [5, 5.41) is 8.72. The molecule has 0 atom stereocenters. The molecule has 0 bridgehead atoms. The summed E-state index contributed by atoms with van der Waals surface area (Å²) in [5.74, 6) is -2.24. The van der Waals surface area contributed by atoms with Gasteiger partial charge in [0, 0.05) is 16.7 Å². The maximum atomic E-state index is 11.5. The number of esters is 2. The molecule has 0 aromatic rings. The zero-order valence-electron chi connectivity index (χ0n) is 12.0. The maximum absolute atomic E-state index is 11.5. The summed E-state index contributed by atoms with van der Waals surface area (Å²) < 4.78 is 9.77. The zero-order chi connectivity index (χ0) is 15.7. The van der Waals surface area contributed by atoms with Crippen molar-refractivity contribution < 1.29 is 29.0 Å². The van der Waals surface area contributed by atoms with Gasteiger partial charge in [-0.05, 0) is 33.6 Å². The van der Waals surface area contributed by atoms with E-state index in [-0.39, 0.29) is 24.4 Å². The Morgan fingerprint density at radius 1 is 0.900 bits per heavy atom. The second kappa shape index (κ2) is 8.90. The van der Waals surface area contributed by atoms with Crippen LogP contribution in [0, 0.1) is 0 Å². The first-order valence-corrected chi connectivity index (χ1v) is 6.18. The van der Waals surface area contributed by atoms with Crippen molar-refractivity contribution in [3.63, 3.8) is 0 Å². The zero-order valence-corrected chi connectivity index (χ0v) is 12.0.